The Morgan fingerprint density at radius 2 is 1.93 bits per heavy atom. The lowest BCUT2D eigenvalue weighted by Crippen LogP contribution is -2.33. The fraction of sp³-hybridized carbons (Fsp3) is 0.182. The molecule has 0 aliphatic carbocycles. The van der Waals surface area contributed by atoms with Crippen LogP contribution in [-0.4, -0.2) is 27.3 Å². The summed E-state index contributed by atoms with van der Waals surface area (Å²) in [5.74, 6) is 0.444. The number of aromatic nitrogens is 3. The summed E-state index contributed by atoms with van der Waals surface area (Å²) in [6.45, 7) is 2.85. The van der Waals surface area contributed by atoms with Crippen LogP contribution in [0.2, 0.25) is 0 Å². The summed E-state index contributed by atoms with van der Waals surface area (Å²) in [5, 5.41) is 4.68. The van der Waals surface area contributed by atoms with Crippen molar-refractivity contribution in [3.05, 3.63) is 82.3 Å². The molecule has 0 fully saturated rings. The van der Waals surface area contributed by atoms with E-state index >= 15 is 0 Å². The number of fused-ring (bicyclic) bond motifs is 1. The van der Waals surface area contributed by atoms with Crippen LogP contribution in [0.15, 0.2) is 65.5 Å². The number of amides is 1. The van der Waals surface area contributed by atoms with Crippen LogP contribution in [0.3, 0.4) is 0 Å². The van der Waals surface area contributed by atoms with Crippen molar-refractivity contribution >= 4 is 32.6 Å². The number of carbonyl (C=O) groups excluding carboxylic acids is 1. The van der Waals surface area contributed by atoms with Gasteiger partial charge in [-0.3, -0.25) is 14.5 Å². The van der Waals surface area contributed by atoms with Crippen molar-refractivity contribution in [2.45, 2.75) is 13.5 Å². The molecule has 0 unspecified atom stereocenters. The zero-order valence-electron chi connectivity index (χ0n) is 16.6. The van der Waals surface area contributed by atoms with Gasteiger partial charge in [-0.05, 0) is 36.8 Å². The molecule has 7 nitrogen and oxygen atoms in total. The maximum atomic E-state index is 13.3. The normalized spacial score (nSPS) is 10.9. The molecule has 4 aromatic rings. The Morgan fingerprint density at radius 1 is 1.13 bits per heavy atom. The summed E-state index contributed by atoms with van der Waals surface area (Å²) in [6.07, 6.45) is 0. The highest BCUT2D eigenvalue weighted by atomic mass is 32.1. The molecule has 0 radical (unpaired) electrons. The van der Waals surface area contributed by atoms with Crippen LogP contribution < -0.4 is 15.2 Å². The van der Waals surface area contributed by atoms with Gasteiger partial charge in [0.1, 0.15) is 11.4 Å². The number of aryl methyl sites for hydroxylation is 1. The van der Waals surface area contributed by atoms with Gasteiger partial charge in [0.25, 0.3) is 11.5 Å². The van der Waals surface area contributed by atoms with E-state index in [1.54, 1.807) is 4.90 Å². The first-order chi connectivity index (χ1) is 14.5. The third kappa shape index (κ3) is 4.08. The van der Waals surface area contributed by atoms with Crippen LogP contribution in [0, 0.1) is 0 Å². The van der Waals surface area contributed by atoms with E-state index < -0.39 is 0 Å². The van der Waals surface area contributed by atoms with Gasteiger partial charge in [-0.15, -0.1) is 0 Å². The van der Waals surface area contributed by atoms with Gasteiger partial charge in [0, 0.05) is 13.1 Å². The SMILES string of the molecule is CCOc1ccc2nc(N(Cc3ccccc3)C(=O)c3ccc(=O)n(C)n3)sc2c1. The average Bonchev–Trinajstić information content (AvgIpc) is 3.17. The Balaban J connectivity index is 1.76. The number of ether oxygens (including phenoxy) is 1. The predicted octanol–water partition coefficient (Wildman–Crippen LogP) is 3.64. The number of benzene rings is 2. The number of nitrogens with zero attached hydrogens (tertiary/aromatic N) is 4. The van der Waals surface area contributed by atoms with Gasteiger partial charge in [-0.25, -0.2) is 9.67 Å². The minimum atomic E-state index is -0.321. The van der Waals surface area contributed by atoms with E-state index in [9.17, 15) is 9.59 Å². The first kappa shape index (κ1) is 19.8. The number of hydrogen-bond donors (Lipinski definition) is 0. The van der Waals surface area contributed by atoms with Crippen molar-refractivity contribution in [2.75, 3.05) is 11.5 Å². The maximum absolute atomic E-state index is 13.3. The van der Waals surface area contributed by atoms with Crippen molar-refractivity contribution in [3.63, 3.8) is 0 Å². The van der Waals surface area contributed by atoms with Crippen LogP contribution in [0.1, 0.15) is 23.0 Å². The molecule has 8 heteroatoms. The zero-order valence-corrected chi connectivity index (χ0v) is 17.4. The highest BCUT2D eigenvalue weighted by Gasteiger charge is 2.23. The Morgan fingerprint density at radius 3 is 2.67 bits per heavy atom. The fourth-order valence-electron chi connectivity index (χ4n) is 3.01. The second-order valence-electron chi connectivity index (χ2n) is 6.62. The molecule has 152 valence electrons. The Kier molecular flexibility index (Phi) is 5.58. The van der Waals surface area contributed by atoms with Gasteiger partial charge in [0.05, 0.1) is 23.4 Å². The first-order valence-electron chi connectivity index (χ1n) is 9.48. The molecule has 0 N–H and O–H groups in total. The molecule has 0 saturated heterocycles. The lowest BCUT2D eigenvalue weighted by molar-refractivity contribution is 0.0978. The van der Waals surface area contributed by atoms with Crippen LogP contribution in [0.4, 0.5) is 5.13 Å². The molecule has 0 bridgehead atoms. The van der Waals surface area contributed by atoms with Gasteiger partial charge in [-0.2, -0.15) is 5.10 Å². The Bertz CT molecular complexity index is 1250. The van der Waals surface area contributed by atoms with Gasteiger partial charge in [-0.1, -0.05) is 41.7 Å². The molecule has 0 saturated carbocycles. The number of hydrogen-bond acceptors (Lipinski definition) is 6. The summed E-state index contributed by atoms with van der Waals surface area (Å²) < 4.78 is 7.66. The van der Waals surface area contributed by atoms with E-state index in [1.807, 2.05) is 55.5 Å². The standard InChI is InChI=1S/C22H20N4O3S/c1-3-29-16-9-10-17-19(13-16)30-22(23-17)26(14-15-7-5-4-6-8-15)21(28)18-11-12-20(27)25(2)24-18/h4-13H,3,14H2,1-2H3. The molecule has 2 aromatic heterocycles. The van der Waals surface area contributed by atoms with Crippen LogP contribution in [0.25, 0.3) is 10.2 Å². The number of rotatable bonds is 6. The Labute approximate surface area is 177 Å². The second-order valence-corrected chi connectivity index (χ2v) is 7.63. The van der Waals surface area contributed by atoms with Crippen molar-refractivity contribution in [3.8, 4) is 5.75 Å². The van der Waals surface area contributed by atoms with Crippen molar-refractivity contribution in [1.29, 1.82) is 0 Å². The number of thiazole rings is 1. The molecule has 0 aliphatic heterocycles. The van der Waals surface area contributed by atoms with E-state index in [-0.39, 0.29) is 17.2 Å². The minimum Gasteiger partial charge on any atom is -0.494 e. The molecule has 0 spiro atoms. The smallest absolute Gasteiger partial charge is 0.280 e. The second kappa shape index (κ2) is 8.46. The highest BCUT2D eigenvalue weighted by Crippen LogP contribution is 2.33. The first-order valence-corrected chi connectivity index (χ1v) is 10.3. The largest absolute Gasteiger partial charge is 0.494 e. The van der Waals surface area contributed by atoms with Crippen molar-refractivity contribution in [1.82, 2.24) is 14.8 Å². The molecule has 1 amide bonds. The molecule has 30 heavy (non-hydrogen) atoms. The maximum Gasteiger partial charge on any atom is 0.280 e. The lowest BCUT2D eigenvalue weighted by atomic mass is 10.2. The van der Waals surface area contributed by atoms with Gasteiger partial charge >= 0.3 is 0 Å². The zero-order chi connectivity index (χ0) is 21.1. The monoisotopic (exact) mass is 420 g/mol. The third-order valence-electron chi connectivity index (χ3n) is 4.50. The fourth-order valence-corrected chi connectivity index (χ4v) is 4.00. The molecule has 0 aliphatic rings. The van der Waals surface area contributed by atoms with E-state index in [0.717, 1.165) is 26.2 Å². The van der Waals surface area contributed by atoms with Gasteiger partial charge in [0.15, 0.2) is 5.13 Å². The summed E-state index contributed by atoms with van der Waals surface area (Å²) in [7, 11) is 1.52. The van der Waals surface area contributed by atoms with E-state index in [0.29, 0.717) is 18.3 Å². The van der Waals surface area contributed by atoms with Crippen LogP contribution in [0.5, 0.6) is 5.75 Å². The molecular formula is C22H20N4O3S. The lowest BCUT2D eigenvalue weighted by Gasteiger charge is -2.19. The molecule has 2 aromatic carbocycles. The number of anilines is 1. The topological polar surface area (TPSA) is 77.3 Å². The van der Waals surface area contributed by atoms with Crippen LogP contribution in [-0.2, 0) is 13.6 Å². The summed E-state index contributed by atoms with van der Waals surface area (Å²) in [6, 6.07) is 18.2. The molecule has 0 atom stereocenters. The van der Waals surface area contributed by atoms with Gasteiger partial charge in [0.2, 0.25) is 0 Å². The van der Waals surface area contributed by atoms with E-state index in [2.05, 4.69) is 10.1 Å². The average molecular weight is 420 g/mol. The van der Waals surface area contributed by atoms with E-state index in [1.165, 1.54) is 30.5 Å². The molecule has 2 heterocycles. The third-order valence-corrected chi connectivity index (χ3v) is 5.54. The van der Waals surface area contributed by atoms with Crippen LogP contribution >= 0.6 is 11.3 Å². The van der Waals surface area contributed by atoms with E-state index in [4.69, 9.17) is 4.74 Å². The molecular weight excluding hydrogens is 400 g/mol. The Hall–Kier alpha value is -3.52. The van der Waals surface area contributed by atoms with Gasteiger partial charge < -0.3 is 4.74 Å². The predicted molar refractivity (Wildman–Crippen MR) is 117 cm³/mol. The quantitative estimate of drug-likeness (QED) is 0.476. The minimum absolute atomic E-state index is 0.183. The number of carbonyl (C=O) groups is 1. The summed E-state index contributed by atoms with van der Waals surface area (Å²) in [5.41, 5.74) is 1.66. The van der Waals surface area contributed by atoms with Crippen molar-refractivity contribution in [2.24, 2.45) is 7.05 Å². The summed E-state index contributed by atoms with van der Waals surface area (Å²) in [4.78, 5) is 31.3. The highest BCUT2D eigenvalue weighted by molar-refractivity contribution is 7.22. The van der Waals surface area contributed by atoms with Crippen molar-refractivity contribution < 1.29 is 9.53 Å². The molecule has 4 rings (SSSR count). The summed E-state index contributed by atoms with van der Waals surface area (Å²) >= 11 is 1.41.